The van der Waals surface area contributed by atoms with E-state index in [1.54, 1.807) is 4.90 Å². The molecule has 8 nitrogen and oxygen atoms in total. The molecule has 4 aliphatic heterocycles. The molecule has 0 radical (unpaired) electrons. The molecule has 1 spiro atoms. The lowest BCUT2D eigenvalue weighted by atomic mass is 9.70. The van der Waals surface area contributed by atoms with E-state index in [-0.39, 0.29) is 40.9 Å². The van der Waals surface area contributed by atoms with Gasteiger partial charge >= 0.3 is 0 Å². The van der Waals surface area contributed by atoms with E-state index in [1.165, 1.54) is 5.57 Å². The van der Waals surface area contributed by atoms with Crippen molar-refractivity contribution in [2.75, 3.05) is 26.2 Å². The highest BCUT2D eigenvalue weighted by Gasteiger charge is 2.46. The van der Waals surface area contributed by atoms with Gasteiger partial charge in [0.25, 0.3) is 5.91 Å². The number of amides is 4. The number of benzene rings is 2. The standard InChI is InChI=1S/C36H41ClN4O4/c1-35(2)12-11-28(29(18-35)24-4-6-26(37)7-5-24)33(44)40-15-13-36(14-16-40)21-39(22-36)19-23-3-8-27-25(17-23)20-41(34(27)45)30-9-10-31(42)38-32(30)43/h3-8,17,30H,9-16,18-22H2,1-2H3,(H,38,42,43). The highest BCUT2D eigenvalue weighted by molar-refractivity contribution is 6.30. The number of carbonyl (C=O) groups excluding carboxylic acids is 4. The molecule has 45 heavy (non-hydrogen) atoms. The second-order valence-corrected chi connectivity index (χ2v) is 15.1. The number of imide groups is 1. The number of hydrogen-bond donors (Lipinski definition) is 1. The fourth-order valence-corrected chi connectivity index (χ4v) is 8.27. The third kappa shape index (κ3) is 5.83. The van der Waals surface area contributed by atoms with Crippen molar-refractivity contribution in [2.45, 2.75) is 77.9 Å². The molecule has 4 amide bonds. The van der Waals surface area contributed by atoms with Crippen molar-refractivity contribution >= 4 is 40.8 Å². The molecule has 9 heteroatoms. The molecule has 0 aromatic heterocycles. The normalized spacial score (nSPS) is 24.5. The van der Waals surface area contributed by atoms with Crippen LogP contribution in [-0.4, -0.2) is 70.5 Å². The van der Waals surface area contributed by atoms with Crippen molar-refractivity contribution in [1.29, 1.82) is 0 Å². The molecule has 1 unspecified atom stereocenters. The minimum absolute atomic E-state index is 0.136. The van der Waals surface area contributed by atoms with Crippen LogP contribution in [0.15, 0.2) is 48.0 Å². The Labute approximate surface area is 269 Å². The molecule has 5 aliphatic rings. The van der Waals surface area contributed by atoms with Crippen LogP contribution in [0.1, 0.15) is 85.8 Å². The summed E-state index contributed by atoms with van der Waals surface area (Å²) < 4.78 is 0. The molecule has 3 saturated heterocycles. The van der Waals surface area contributed by atoms with Gasteiger partial charge in [0.15, 0.2) is 0 Å². The maximum atomic E-state index is 13.9. The Morgan fingerprint density at radius 3 is 2.42 bits per heavy atom. The van der Waals surface area contributed by atoms with Crippen LogP contribution in [0.5, 0.6) is 0 Å². The van der Waals surface area contributed by atoms with Gasteiger partial charge in [-0.3, -0.25) is 29.4 Å². The molecule has 1 atom stereocenters. The summed E-state index contributed by atoms with van der Waals surface area (Å²) in [6.07, 6.45) is 5.39. The summed E-state index contributed by atoms with van der Waals surface area (Å²) >= 11 is 6.17. The average Bonchev–Trinajstić information content (AvgIpc) is 3.31. The van der Waals surface area contributed by atoms with Crippen molar-refractivity contribution in [3.05, 3.63) is 75.3 Å². The third-order valence-corrected chi connectivity index (χ3v) is 11.0. The highest BCUT2D eigenvalue weighted by Crippen LogP contribution is 2.45. The molecule has 2 aromatic rings. The maximum Gasteiger partial charge on any atom is 0.255 e. The number of likely N-dealkylation sites (tertiary alicyclic amines) is 2. The van der Waals surface area contributed by atoms with Gasteiger partial charge in [-0.2, -0.15) is 0 Å². The lowest BCUT2D eigenvalue weighted by Crippen LogP contribution is -2.60. The molecule has 2 aromatic carbocycles. The second kappa shape index (κ2) is 11.4. The molecule has 1 N–H and O–H groups in total. The van der Waals surface area contributed by atoms with Gasteiger partial charge in [-0.25, -0.2) is 0 Å². The van der Waals surface area contributed by atoms with E-state index < -0.39 is 6.04 Å². The van der Waals surface area contributed by atoms with E-state index in [1.807, 2.05) is 36.4 Å². The third-order valence-electron chi connectivity index (χ3n) is 10.7. The van der Waals surface area contributed by atoms with Gasteiger partial charge in [0.05, 0.1) is 0 Å². The van der Waals surface area contributed by atoms with Crippen LogP contribution in [0.25, 0.3) is 5.57 Å². The molecule has 7 rings (SSSR count). The number of fused-ring (bicyclic) bond motifs is 1. The zero-order valence-electron chi connectivity index (χ0n) is 26.2. The topological polar surface area (TPSA) is 90.0 Å². The average molecular weight is 629 g/mol. The van der Waals surface area contributed by atoms with Gasteiger partial charge in [0, 0.05) is 61.8 Å². The number of allylic oxidation sites excluding steroid dienone is 1. The molecular formula is C36H41ClN4O4. The van der Waals surface area contributed by atoms with Gasteiger partial charge in [0.1, 0.15) is 6.04 Å². The fraction of sp³-hybridized carbons (Fsp3) is 0.500. The van der Waals surface area contributed by atoms with Gasteiger partial charge in [-0.1, -0.05) is 49.7 Å². The Hall–Kier alpha value is -3.49. The molecule has 236 valence electrons. The van der Waals surface area contributed by atoms with E-state index in [9.17, 15) is 19.2 Å². The number of rotatable bonds is 5. The van der Waals surface area contributed by atoms with Crippen molar-refractivity contribution in [2.24, 2.45) is 10.8 Å². The van der Waals surface area contributed by atoms with Crippen molar-refractivity contribution in [3.63, 3.8) is 0 Å². The van der Waals surface area contributed by atoms with E-state index in [0.717, 1.165) is 87.1 Å². The Morgan fingerprint density at radius 1 is 0.978 bits per heavy atom. The summed E-state index contributed by atoms with van der Waals surface area (Å²) in [7, 11) is 0. The summed E-state index contributed by atoms with van der Waals surface area (Å²) in [5, 5.41) is 3.08. The minimum atomic E-state index is -0.593. The Balaban J connectivity index is 0.953. The second-order valence-electron chi connectivity index (χ2n) is 14.6. The summed E-state index contributed by atoms with van der Waals surface area (Å²) in [6.45, 7) is 9.41. The van der Waals surface area contributed by atoms with Crippen molar-refractivity contribution in [3.8, 4) is 0 Å². The van der Waals surface area contributed by atoms with Crippen molar-refractivity contribution in [1.82, 2.24) is 20.0 Å². The molecular weight excluding hydrogens is 588 g/mol. The lowest BCUT2D eigenvalue weighted by Gasteiger charge is -2.54. The van der Waals surface area contributed by atoms with E-state index in [0.29, 0.717) is 23.6 Å². The Morgan fingerprint density at radius 2 is 1.71 bits per heavy atom. The summed E-state index contributed by atoms with van der Waals surface area (Å²) in [6, 6.07) is 13.3. The zero-order chi connectivity index (χ0) is 31.5. The molecule has 4 heterocycles. The number of halogens is 1. The maximum absolute atomic E-state index is 13.9. The van der Waals surface area contributed by atoms with Crippen LogP contribution in [-0.2, 0) is 27.5 Å². The van der Waals surface area contributed by atoms with Gasteiger partial charge in [-0.05, 0) is 89.8 Å². The largest absolute Gasteiger partial charge is 0.339 e. The first-order chi connectivity index (χ1) is 21.5. The molecule has 3 fully saturated rings. The SMILES string of the molecule is CC1(C)CCC(C(=O)N2CCC3(CC2)CN(Cc2ccc4c(c2)CN(C2CCC(=O)NC2=O)C4=O)C3)=C(c2ccc(Cl)cc2)C1. The Kier molecular flexibility index (Phi) is 7.64. The van der Waals surface area contributed by atoms with Gasteiger partial charge in [0.2, 0.25) is 17.7 Å². The lowest BCUT2D eigenvalue weighted by molar-refractivity contribution is -0.137. The van der Waals surface area contributed by atoms with E-state index in [4.69, 9.17) is 11.6 Å². The smallest absolute Gasteiger partial charge is 0.255 e. The van der Waals surface area contributed by atoms with E-state index in [2.05, 4.69) is 35.0 Å². The van der Waals surface area contributed by atoms with Crippen LogP contribution < -0.4 is 5.32 Å². The first kappa shape index (κ1) is 30.2. The number of carbonyl (C=O) groups is 4. The van der Waals surface area contributed by atoms with Crippen LogP contribution in [0.3, 0.4) is 0 Å². The predicted octanol–water partition coefficient (Wildman–Crippen LogP) is 5.19. The molecule has 1 aliphatic carbocycles. The van der Waals surface area contributed by atoms with Crippen LogP contribution in [0, 0.1) is 10.8 Å². The van der Waals surface area contributed by atoms with Gasteiger partial charge in [-0.15, -0.1) is 0 Å². The van der Waals surface area contributed by atoms with Gasteiger partial charge < -0.3 is 9.80 Å². The zero-order valence-corrected chi connectivity index (χ0v) is 26.9. The highest BCUT2D eigenvalue weighted by atomic mass is 35.5. The molecule has 0 bridgehead atoms. The molecule has 0 saturated carbocycles. The number of hydrogen-bond acceptors (Lipinski definition) is 5. The van der Waals surface area contributed by atoms with Crippen LogP contribution in [0.2, 0.25) is 5.02 Å². The predicted molar refractivity (Wildman–Crippen MR) is 172 cm³/mol. The number of nitrogens with one attached hydrogen (secondary N) is 1. The number of nitrogens with zero attached hydrogens (tertiary/aromatic N) is 3. The van der Waals surface area contributed by atoms with Crippen LogP contribution in [0.4, 0.5) is 0 Å². The summed E-state index contributed by atoms with van der Waals surface area (Å²) in [5.74, 6) is -0.585. The Bertz CT molecular complexity index is 1600. The summed E-state index contributed by atoms with van der Waals surface area (Å²) in [5.41, 5.74) is 6.46. The first-order valence-corrected chi connectivity index (χ1v) is 16.6. The van der Waals surface area contributed by atoms with Crippen molar-refractivity contribution < 1.29 is 19.2 Å². The van der Waals surface area contributed by atoms with E-state index >= 15 is 0 Å². The monoisotopic (exact) mass is 628 g/mol. The first-order valence-electron chi connectivity index (χ1n) is 16.3. The number of piperidine rings is 2. The minimum Gasteiger partial charge on any atom is -0.339 e. The quantitative estimate of drug-likeness (QED) is 0.461. The fourth-order valence-electron chi connectivity index (χ4n) is 8.14. The van der Waals surface area contributed by atoms with Crippen LogP contribution >= 0.6 is 11.6 Å². The summed E-state index contributed by atoms with van der Waals surface area (Å²) in [4.78, 5) is 57.0.